The monoisotopic (exact) mass is 233 g/mol. The third-order valence-corrected chi connectivity index (χ3v) is 3.25. The van der Waals surface area contributed by atoms with Crippen LogP contribution in [0.2, 0.25) is 0 Å². The van der Waals surface area contributed by atoms with E-state index in [1.807, 2.05) is 19.9 Å². The van der Waals surface area contributed by atoms with Crippen molar-refractivity contribution in [3.63, 3.8) is 0 Å². The summed E-state index contributed by atoms with van der Waals surface area (Å²) in [6.45, 7) is 4.68. The number of nitrogens with one attached hydrogen (secondary N) is 1. The molecule has 1 aromatic carbocycles. The average molecular weight is 233 g/mol. The minimum atomic E-state index is 0.192. The summed E-state index contributed by atoms with van der Waals surface area (Å²) in [5.41, 5.74) is 3.43. The molecule has 1 aromatic rings. The fourth-order valence-electron chi connectivity index (χ4n) is 1.93. The molecule has 2 rings (SSSR count). The number of rotatable bonds is 4. The summed E-state index contributed by atoms with van der Waals surface area (Å²) < 4.78 is 5.27. The van der Waals surface area contributed by atoms with E-state index in [0.717, 1.165) is 35.3 Å². The lowest BCUT2D eigenvalue weighted by Gasteiger charge is -2.12. The SMILES string of the molecule is COc1cc(C)c(CNC(=O)C2CC2)cc1C. The van der Waals surface area contributed by atoms with Gasteiger partial charge in [-0.25, -0.2) is 0 Å². The molecule has 1 aliphatic rings. The molecule has 1 fully saturated rings. The van der Waals surface area contributed by atoms with Crippen molar-refractivity contribution in [3.8, 4) is 5.75 Å². The van der Waals surface area contributed by atoms with E-state index in [4.69, 9.17) is 4.74 Å². The second kappa shape index (κ2) is 4.78. The number of amides is 1. The van der Waals surface area contributed by atoms with Gasteiger partial charge in [-0.1, -0.05) is 6.07 Å². The number of hydrogen-bond donors (Lipinski definition) is 1. The number of aryl methyl sites for hydroxylation is 2. The maximum Gasteiger partial charge on any atom is 0.223 e. The lowest BCUT2D eigenvalue weighted by Crippen LogP contribution is -2.24. The van der Waals surface area contributed by atoms with Crippen LogP contribution in [0.5, 0.6) is 5.75 Å². The molecule has 0 atom stereocenters. The van der Waals surface area contributed by atoms with Gasteiger partial charge in [-0.05, 0) is 49.4 Å². The Bertz CT molecular complexity index is 436. The normalized spacial score (nSPS) is 14.5. The lowest BCUT2D eigenvalue weighted by molar-refractivity contribution is -0.122. The zero-order valence-electron chi connectivity index (χ0n) is 10.7. The third-order valence-electron chi connectivity index (χ3n) is 3.25. The van der Waals surface area contributed by atoms with Gasteiger partial charge in [0.2, 0.25) is 5.91 Å². The Morgan fingerprint density at radius 2 is 2.06 bits per heavy atom. The Kier molecular flexibility index (Phi) is 3.36. The number of carbonyl (C=O) groups excluding carboxylic acids is 1. The molecule has 92 valence electrons. The van der Waals surface area contributed by atoms with Gasteiger partial charge in [-0.2, -0.15) is 0 Å². The highest BCUT2D eigenvalue weighted by atomic mass is 16.5. The van der Waals surface area contributed by atoms with E-state index in [1.54, 1.807) is 7.11 Å². The Labute approximate surface area is 102 Å². The first-order valence-corrected chi connectivity index (χ1v) is 6.03. The summed E-state index contributed by atoms with van der Waals surface area (Å²) in [7, 11) is 1.68. The van der Waals surface area contributed by atoms with Crippen LogP contribution in [0, 0.1) is 19.8 Å². The van der Waals surface area contributed by atoms with Gasteiger partial charge in [0.15, 0.2) is 0 Å². The van der Waals surface area contributed by atoms with Crippen molar-refractivity contribution in [2.75, 3.05) is 7.11 Å². The highest BCUT2D eigenvalue weighted by Crippen LogP contribution is 2.29. The molecule has 0 aromatic heterocycles. The number of ether oxygens (including phenoxy) is 1. The van der Waals surface area contributed by atoms with Crippen LogP contribution in [0.25, 0.3) is 0 Å². The second-order valence-electron chi connectivity index (χ2n) is 4.74. The predicted molar refractivity (Wildman–Crippen MR) is 67.0 cm³/mol. The first kappa shape index (κ1) is 12.0. The lowest BCUT2D eigenvalue weighted by atomic mass is 10.0. The number of hydrogen-bond acceptors (Lipinski definition) is 2. The van der Waals surface area contributed by atoms with Crippen molar-refractivity contribution in [2.24, 2.45) is 5.92 Å². The number of methoxy groups -OCH3 is 1. The van der Waals surface area contributed by atoms with Gasteiger partial charge in [-0.3, -0.25) is 4.79 Å². The van der Waals surface area contributed by atoms with Crippen LogP contribution in [0.3, 0.4) is 0 Å². The Hall–Kier alpha value is -1.51. The standard InChI is InChI=1S/C14H19NO2/c1-9-7-13(17-3)10(2)6-12(9)8-15-14(16)11-4-5-11/h6-7,11H,4-5,8H2,1-3H3,(H,15,16). The summed E-state index contributed by atoms with van der Waals surface area (Å²) in [6, 6.07) is 4.11. The third kappa shape index (κ3) is 2.78. The highest BCUT2D eigenvalue weighted by Gasteiger charge is 2.29. The quantitative estimate of drug-likeness (QED) is 0.866. The van der Waals surface area contributed by atoms with Crippen molar-refractivity contribution in [2.45, 2.75) is 33.2 Å². The zero-order valence-corrected chi connectivity index (χ0v) is 10.7. The van der Waals surface area contributed by atoms with Gasteiger partial charge in [0.1, 0.15) is 5.75 Å². The molecule has 1 aliphatic carbocycles. The van der Waals surface area contributed by atoms with E-state index in [9.17, 15) is 4.79 Å². The van der Waals surface area contributed by atoms with Crippen molar-refractivity contribution >= 4 is 5.91 Å². The first-order valence-electron chi connectivity index (χ1n) is 6.03. The smallest absolute Gasteiger partial charge is 0.223 e. The van der Waals surface area contributed by atoms with Crippen LogP contribution in [0.4, 0.5) is 0 Å². The van der Waals surface area contributed by atoms with Crippen LogP contribution in [-0.2, 0) is 11.3 Å². The molecule has 0 bridgehead atoms. The van der Waals surface area contributed by atoms with Gasteiger partial charge in [0, 0.05) is 12.5 Å². The Balaban J connectivity index is 2.04. The van der Waals surface area contributed by atoms with E-state index in [1.165, 1.54) is 0 Å². The van der Waals surface area contributed by atoms with Crippen LogP contribution < -0.4 is 10.1 Å². The van der Waals surface area contributed by atoms with Gasteiger partial charge in [0.05, 0.1) is 7.11 Å². The first-order chi connectivity index (χ1) is 8.11. The molecule has 0 heterocycles. The Morgan fingerprint density at radius 1 is 1.35 bits per heavy atom. The maximum absolute atomic E-state index is 11.6. The fourth-order valence-corrected chi connectivity index (χ4v) is 1.93. The van der Waals surface area contributed by atoms with Gasteiger partial charge >= 0.3 is 0 Å². The summed E-state index contributed by atoms with van der Waals surface area (Å²) in [6.07, 6.45) is 2.10. The molecule has 3 nitrogen and oxygen atoms in total. The van der Waals surface area contributed by atoms with E-state index >= 15 is 0 Å². The predicted octanol–water partition coefficient (Wildman–Crippen LogP) is 2.34. The van der Waals surface area contributed by atoms with Crippen molar-refractivity contribution < 1.29 is 9.53 Å². The maximum atomic E-state index is 11.6. The fraction of sp³-hybridized carbons (Fsp3) is 0.500. The van der Waals surface area contributed by atoms with Crippen LogP contribution >= 0.6 is 0 Å². The summed E-state index contributed by atoms with van der Waals surface area (Å²) >= 11 is 0. The molecule has 0 unspecified atom stereocenters. The molecule has 1 amide bonds. The van der Waals surface area contributed by atoms with Gasteiger partial charge < -0.3 is 10.1 Å². The number of carbonyl (C=O) groups is 1. The molecule has 0 radical (unpaired) electrons. The second-order valence-corrected chi connectivity index (χ2v) is 4.74. The number of benzene rings is 1. The van der Waals surface area contributed by atoms with E-state index < -0.39 is 0 Å². The van der Waals surface area contributed by atoms with Crippen LogP contribution in [0.1, 0.15) is 29.5 Å². The average Bonchev–Trinajstić information content (AvgIpc) is 3.13. The van der Waals surface area contributed by atoms with E-state index in [-0.39, 0.29) is 11.8 Å². The van der Waals surface area contributed by atoms with Crippen molar-refractivity contribution in [1.29, 1.82) is 0 Å². The van der Waals surface area contributed by atoms with Gasteiger partial charge in [0.25, 0.3) is 0 Å². The Morgan fingerprint density at radius 3 is 2.65 bits per heavy atom. The molecule has 0 saturated heterocycles. The van der Waals surface area contributed by atoms with Crippen LogP contribution in [-0.4, -0.2) is 13.0 Å². The van der Waals surface area contributed by atoms with Gasteiger partial charge in [-0.15, -0.1) is 0 Å². The summed E-state index contributed by atoms with van der Waals surface area (Å²) in [5, 5.41) is 2.99. The molecule has 3 heteroatoms. The van der Waals surface area contributed by atoms with Crippen molar-refractivity contribution in [1.82, 2.24) is 5.32 Å². The highest BCUT2D eigenvalue weighted by molar-refractivity contribution is 5.80. The van der Waals surface area contributed by atoms with E-state index in [2.05, 4.69) is 11.4 Å². The molecular formula is C14H19NO2. The van der Waals surface area contributed by atoms with Crippen LogP contribution in [0.15, 0.2) is 12.1 Å². The molecular weight excluding hydrogens is 214 g/mol. The molecule has 17 heavy (non-hydrogen) atoms. The van der Waals surface area contributed by atoms with Crippen molar-refractivity contribution in [3.05, 3.63) is 28.8 Å². The minimum absolute atomic E-state index is 0.192. The largest absolute Gasteiger partial charge is 0.496 e. The molecule has 0 spiro atoms. The molecule has 1 N–H and O–H groups in total. The zero-order chi connectivity index (χ0) is 12.4. The molecule has 1 saturated carbocycles. The summed E-state index contributed by atoms with van der Waals surface area (Å²) in [5.74, 6) is 1.37. The minimum Gasteiger partial charge on any atom is -0.496 e. The van der Waals surface area contributed by atoms with E-state index in [0.29, 0.717) is 6.54 Å². The summed E-state index contributed by atoms with van der Waals surface area (Å²) in [4.78, 5) is 11.6. The topological polar surface area (TPSA) is 38.3 Å². The molecule has 0 aliphatic heterocycles.